The molecule has 0 aromatic heterocycles. The van der Waals surface area contributed by atoms with Crippen LogP contribution < -0.4 is 0 Å². The van der Waals surface area contributed by atoms with E-state index in [4.69, 9.17) is 17.1 Å². The zero-order valence-corrected chi connectivity index (χ0v) is 13.2. The van der Waals surface area contributed by atoms with E-state index in [1.54, 1.807) is 0 Å². The molecule has 0 saturated heterocycles. The SMILES string of the molecule is [N-]=[N+]=NC(c1ccccc1)[C@H]1C2CC3C[C@](Cl)(C2)C[C@@]1(O)C3. The highest BCUT2D eigenvalue weighted by molar-refractivity contribution is 6.24. The van der Waals surface area contributed by atoms with Gasteiger partial charge in [-0.25, -0.2) is 0 Å². The van der Waals surface area contributed by atoms with E-state index in [0.29, 0.717) is 18.3 Å². The Morgan fingerprint density at radius 1 is 1.27 bits per heavy atom. The average molecular weight is 318 g/mol. The molecule has 4 fully saturated rings. The average Bonchev–Trinajstić information content (AvgIpc) is 2.44. The summed E-state index contributed by atoms with van der Waals surface area (Å²) in [5, 5.41) is 15.4. The lowest BCUT2D eigenvalue weighted by Gasteiger charge is -2.63. The van der Waals surface area contributed by atoms with Gasteiger partial charge in [-0.1, -0.05) is 35.4 Å². The van der Waals surface area contributed by atoms with Crippen LogP contribution in [0, 0.1) is 17.8 Å². The van der Waals surface area contributed by atoms with Gasteiger partial charge < -0.3 is 5.11 Å². The first-order valence-corrected chi connectivity index (χ1v) is 8.41. The minimum Gasteiger partial charge on any atom is -0.389 e. The molecule has 1 aromatic rings. The van der Waals surface area contributed by atoms with Crippen molar-refractivity contribution in [3.05, 3.63) is 46.3 Å². The maximum absolute atomic E-state index is 11.3. The van der Waals surface area contributed by atoms with Crippen molar-refractivity contribution in [2.75, 3.05) is 0 Å². The molecule has 0 radical (unpaired) electrons. The molecule has 4 bridgehead atoms. The molecule has 0 aliphatic heterocycles. The Morgan fingerprint density at radius 3 is 2.68 bits per heavy atom. The standard InChI is InChI=1S/C17H20ClN3O/c18-16-7-11-6-13(9-16)14(17(22,8-11)10-16)15(20-21-19)12-4-2-1-3-5-12/h1-5,11,13-15,22H,6-10H2/t11?,13?,14-,15?,16+,17+/m1/s1. The monoisotopic (exact) mass is 317 g/mol. The normalized spacial score (nSPS) is 43.6. The minimum absolute atomic E-state index is 0.0192. The van der Waals surface area contributed by atoms with Crippen LogP contribution in [0.1, 0.15) is 43.7 Å². The van der Waals surface area contributed by atoms with Crippen molar-refractivity contribution < 1.29 is 5.11 Å². The Kier molecular flexibility index (Phi) is 3.19. The molecule has 0 spiro atoms. The third-order valence-corrected chi connectivity index (χ3v) is 6.41. The van der Waals surface area contributed by atoms with Gasteiger partial charge in [-0.3, -0.25) is 0 Å². The smallest absolute Gasteiger partial charge is 0.0705 e. The summed E-state index contributed by atoms with van der Waals surface area (Å²) in [5.74, 6) is 0.849. The van der Waals surface area contributed by atoms with E-state index in [2.05, 4.69) is 10.0 Å². The molecule has 0 heterocycles. The Morgan fingerprint density at radius 2 is 2.05 bits per heavy atom. The van der Waals surface area contributed by atoms with Gasteiger partial charge in [-0.2, -0.15) is 0 Å². The van der Waals surface area contributed by atoms with Gasteiger partial charge in [0.25, 0.3) is 0 Å². The lowest BCUT2D eigenvalue weighted by molar-refractivity contribution is -0.170. The predicted molar refractivity (Wildman–Crippen MR) is 85.4 cm³/mol. The molecule has 3 unspecified atom stereocenters. The fourth-order valence-corrected chi connectivity index (χ4v) is 6.30. The number of hydrogen-bond acceptors (Lipinski definition) is 2. The quantitative estimate of drug-likeness (QED) is 0.377. The minimum atomic E-state index is -0.791. The third kappa shape index (κ3) is 2.13. The first-order valence-electron chi connectivity index (χ1n) is 8.03. The van der Waals surface area contributed by atoms with E-state index < -0.39 is 5.60 Å². The summed E-state index contributed by atoms with van der Waals surface area (Å²) in [5.41, 5.74) is 9.24. The van der Waals surface area contributed by atoms with Gasteiger partial charge in [-0.05, 0) is 55.0 Å². The molecule has 116 valence electrons. The number of rotatable bonds is 3. The maximum Gasteiger partial charge on any atom is 0.0705 e. The van der Waals surface area contributed by atoms with Crippen LogP contribution in [0.5, 0.6) is 0 Å². The van der Waals surface area contributed by atoms with Crippen LogP contribution in [-0.4, -0.2) is 15.6 Å². The zero-order valence-electron chi connectivity index (χ0n) is 12.4. The first-order chi connectivity index (χ1) is 10.5. The summed E-state index contributed by atoms with van der Waals surface area (Å²) in [4.78, 5) is 2.83. The van der Waals surface area contributed by atoms with Crippen LogP contribution in [0.15, 0.2) is 35.4 Å². The van der Waals surface area contributed by atoms with Crippen molar-refractivity contribution in [1.82, 2.24) is 0 Å². The summed E-state index contributed by atoms with van der Waals surface area (Å²) in [6.45, 7) is 0. The molecule has 5 rings (SSSR count). The molecule has 5 heteroatoms. The number of halogens is 1. The predicted octanol–water partition coefficient (Wildman–Crippen LogP) is 4.59. The van der Waals surface area contributed by atoms with Crippen molar-refractivity contribution in [2.45, 2.75) is 48.6 Å². The molecule has 4 aliphatic rings. The van der Waals surface area contributed by atoms with Gasteiger partial charge in [0.15, 0.2) is 0 Å². The van der Waals surface area contributed by atoms with Crippen molar-refractivity contribution in [3.8, 4) is 0 Å². The summed E-state index contributed by atoms with van der Waals surface area (Å²) >= 11 is 6.75. The second-order valence-electron chi connectivity index (χ2n) is 7.49. The lowest BCUT2D eigenvalue weighted by atomic mass is 9.47. The van der Waals surface area contributed by atoms with Gasteiger partial charge in [0.05, 0.1) is 11.6 Å². The summed E-state index contributed by atoms with van der Waals surface area (Å²) < 4.78 is 0. The summed E-state index contributed by atoms with van der Waals surface area (Å²) in [6, 6.07) is 9.54. The topological polar surface area (TPSA) is 69.0 Å². The molecular formula is C17H20ClN3O. The highest BCUT2D eigenvalue weighted by Crippen LogP contribution is 2.65. The van der Waals surface area contributed by atoms with Gasteiger partial charge in [0, 0.05) is 15.7 Å². The van der Waals surface area contributed by atoms with E-state index in [9.17, 15) is 5.11 Å². The Labute approximate surface area is 135 Å². The fraction of sp³-hybridized carbons (Fsp3) is 0.647. The number of hydrogen-bond donors (Lipinski definition) is 1. The molecule has 0 amide bonds. The summed E-state index contributed by atoms with van der Waals surface area (Å²) in [6.07, 6.45) is 4.49. The number of benzene rings is 1. The van der Waals surface area contributed by atoms with Crippen LogP contribution in [-0.2, 0) is 0 Å². The molecule has 22 heavy (non-hydrogen) atoms. The number of nitrogens with zero attached hydrogens (tertiary/aromatic N) is 3. The summed E-state index contributed by atoms with van der Waals surface area (Å²) in [7, 11) is 0. The van der Waals surface area contributed by atoms with E-state index in [0.717, 1.165) is 31.2 Å². The third-order valence-electron chi connectivity index (χ3n) is 5.97. The number of azide groups is 1. The van der Waals surface area contributed by atoms with Gasteiger partial charge in [0.2, 0.25) is 0 Å². The second-order valence-corrected chi connectivity index (χ2v) is 8.29. The first kappa shape index (κ1) is 14.4. The molecule has 4 nitrogen and oxygen atoms in total. The number of alkyl halides is 1. The zero-order chi connectivity index (χ0) is 15.4. The van der Waals surface area contributed by atoms with Crippen molar-refractivity contribution in [1.29, 1.82) is 0 Å². The van der Waals surface area contributed by atoms with Crippen molar-refractivity contribution >= 4 is 11.6 Å². The Balaban J connectivity index is 1.76. The van der Waals surface area contributed by atoms with Crippen molar-refractivity contribution in [3.63, 3.8) is 0 Å². The van der Waals surface area contributed by atoms with E-state index in [-0.39, 0.29) is 16.8 Å². The lowest BCUT2D eigenvalue weighted by Crippen LogP contribution is -2.63. The van der Waals surface area contributed by atoms with Gasteiger partial charge >= 0.3 is 0 Å². The van der Waals surface area contributed by atoms with Crippen LogP contribution >= 0.6 is 11.6 Å². The van der Waals surface area contributed by atoms with Gasteiger partial charge in [0.1, 0.15) is 0 Å². The molecule has 6 atom stereocenters. The molecule has 4 aliphatic carbocycles. The molecule has 1 N–H and O–H groups in total. The fourth-order valence-electron chi connectivity index (χ4n) is 5.66. The maximum atomic E-state index is 11.3. The molecule has 1 aromatic carbocycles. The Hall–Kier alpha value is -1.22. The van der Waals surface area contributed by atoms with Crippen LogP contribution in [0.25, 0.3) is 10.4 Å². The van der Waals surface area contributed by atoms with E-state index >= 15 is 0 Å². The largest absolute Gasteiger partial charge is 0.389 e. The second kappa shape index (κ2) is 4.89. The highest BCUT2D eigenvalue weighted by Gasteiger charge is 2.63. The van der Waals surface area contributed by atoms with Crippen LogP contribution in [0.3, 0.4) is 0 Å². The van der Waals surface area contributed by atoms with E-state index in [1.165, 1.54) is 0 Å². The molecule has 4 saturated carbocycles. The number of aliphatic hydroxyl groups is 1. The van der Waals surface area contributed by atoms with Crippen molar-refractivity contribution in [2.24, 2.45) is 22.9 Å². The van der Waals surface area contributed by atoms with Crippen LogP contribution in [0.4, 0.5) is 0 Å². The molecular weight excluding hydrogens is 298 g/mol. The van der Waals surface area contributed by atoms with Crippen LogP contribution in [0.2, 0.25) is 0 Å². The Bertz CT molecular complexity index is 632. The highest BCUT2D eigenvalue weighted by atomic mass is 35.5. The van der Waals surface area contributed by atoms with E-state index in [1.807, 2.05) is 30.3 Å². The van der Waals surface area contributed by atoms with Gasteiger partial charge in [-0.15, -0.1) is 11.6 Å².